The van der Waals surface area contributed by atoms with Crippen LogP contribution >= 0.6 is 39.1 Å². The molecule has 1 aliphatic heterocycles. The molecule has 0 atom stereocenters. The molecule has 3 aromatic rings. The van der Waals surface area contributed by atoms with Gasteiger partial charge >= 0.3 is 0 Å². The highest BCUT2D eigenvalue weighted by Crippen LogP contribution is 2.35. The first-order valence-electron chi connectivity index (χ1n) is 10.9. The molecular weight excluding hydrogens is 555 g/mol. The van der Waals surface area contributed by atoms with Crippen molar-refractivity contribution in [3.63, 3.8) is 0 Å². The number of nitrogen functional groups attached to an aromatic ring is 3. The first-order chi connectivity index (χ1) is 16.7. The van der Waals surface area contributed by atoms with Crippen molar-refractivity contribution in [2.45, 2.75) is 33.1 Å². The van der Waals surface area contributed by atoms with E-state index in [1.54, 1.807) is 12.1 Å². The lowest BCUT2D eigenvalue weighted by Gasteiger charge is -2.40. The molecule has 1 saturated heterocycles. The van der Waals surface area contributed by atoms with Crippen LogP contribution in [0.25, 0.3) is 0 Å². The number of nitrogens with two attached hydrogens (primary N) is 3. The number of pyridine rings is 2. The number of amides is 1. The van der Waals surface area contributed by atoms with E-state index in [1.165, 1.54) is 12.4 Å². The number of hydrogen-bond acceptors (Lipinski definition) is 7. The number of aromatic nitrogens is 2. The van der Waals surface area contributed by atoms with Crippen molar-refractivity contribution < 1.29 is 9.53 Å². The van der Waals surface area contributed by atoms with Crippen LogP contribution in [0.1, 0.15) is 33.3 Å². The summed E-state index contributed by atoms with van der Waals surface area (Å²) in [7, 11) is 0. The third-order valence-electron chi connectivity index (χ3n) is 4.58. The van der Waals surface area contributed by atoms with Gasteiger partial charge < -0.3 is 27.3 Å². The Labute approximate surface area is 224 Å². The van der Waals surface area contributed by atoms with Gasteiger partial charge in [-0.1, -0.05) is 79.0 Å². The number of halogens is 3. The van der Waals surface area contributed by atoms with E-state index in [0.29, 0.717) is 40.5 Å². The van der Waals surface area contributed by atoms with Crippen LogP contribution < -0.4 is 22.5 Å². The van der Waals surface area contributed by atoms with Crippen LogP contribution in [0, 0.1) is 0 Å². The predicted molar refractivity (Wildman–Crippen MR) is 150 cm³/mol. The molecule has 0 radical (unpaired) electrons. The van der Waals surface area contributed by atoms with E-state index in [9.17, 15) is 4.79 Å². The van der Waals surface area contributed by atoms with Crippen LogP contribution in [0.5, 0.6) is 0 Å². The van der Waals surface area contributed by atoms with Crippen LogP contribution in [0.2, 0.25) is 10.0 Å². The third kappa shape index (κ3) is 8.24. The molecule has 8 nitrogen and oxygen atoms in total. The van der Waals surface area contributed by atoms with Crippen LogP contribution in [0.15, 0.2) is 53.3 Å². The number of hydrogen-bond donors (Lipinski definition) is 4. The highest BCUT2D eigenvalue weighted by Gasteiger charge is 2.47. The summed E-state index contributed by atoms with van der Waals surface area (Å²) in [5, 5.41) is 3.72. The van der Waals surface area contributed by atoms with Gasteiger partial charge in [0.1, 0.15) is 17.1 Å². The van der Waals surface area contributed by atoms with Gasteiger partial charge in [0, 0.05) is 16.9 Å². The first-order valence-corrected chi connectivity index (χ1v) is 12.5. The average molecular weight is 586 g/mol. The molecule has 3 heterocycles. The molecule has 0 spiro atoms. The molecule has 2 aromatic heterocycles. The lowest BCUT2D eigenvalue weighted by atomic mass is 9.77. The van der Waals surface area contributed by atoms with E-state index in [1.807, 2.05) is 52.0 Å². The normalized spacial score (nSPS) is 12.8. The lowest BCUT2D eigenvalue weighted by Crippen LogP contribution is -2.55. The van der Waals surface area contributed by atoms with E-state index in [4.69, 9.17) is 45.1 Å². The fourth-order valence-corrected chi connectivity index (χ4v) is 3.35. The third-order valence-corrected chi connectivity index (χ3v) is 5.52. The van der Waals surface area contributed by atoms with Gasteiger partial charge in [0.05, 0.1) is 34.6 Å². The van der Waals surface area contributed by atoms with Gasteiger partial charge in [0.25, 0.3) is 0 Å². The summed E-state index contributed by atoms with van der Waals surface area (Å²) in [4.78, 5) is 20.4. The van der Waals surface area contributed by atoms with Crippen LogP contribution in [-0.4, -0.2) is 29.1 Å². The molecule has 0 saturated carbocycles. The van der Waals surface area contributed by atoms with Crippen molar-refractivity contribution >= 4 is 68.0 Å². The predicted octanol–water partition coefficient (Wildman–Crippen LogP) is 5.94. The molecule has 1 aliphatic rings. The zero-order chi connectivity index (χ0) is 26.6. The van der Waals surface area contributed by atoms with Gasteiger partial charge in [-0.3, -0.25) is 4.79 Å². The number of rotatable bonds is 3. The van der Waals surface area contributed by atoms with Crippen LogP contribution in [0.3, 0.4) is 0 Å². The molecule has 1 aromatic carbocycles. The number of benzene rings is 1. The van der Waals surface area contributed by atoms with Gasteiger partial charge in [0.15, 0.2) is 0 Å². The van der Waals surface area contributed by atoms with Crippen molar-refractivity contribution in [1.29, 1.82) is 0 Å². The maximum Gasteiger partial charge on any atom is 0.239 e. The van der Waals surface area contributed by atoms with Crippen LogP contribution in [-0.2, 0) is 14.9 Å². The first kappa shape index (κ1) is 30.4. The van der Waals surface area contributed by atoms with Crippen molar-refractivity contribution in [2.24, 2.45) is 0 Å². The zero-order valence-electron chi connectivity index (χ0n) is 20.1. The SMILES string of the molecule is CC.CC.Nc1cc(Cl)cnc1N.Nc1ncc(Cl)cc1NC(=O)C1(c2ccc(Br)cc2)COC1. The molecule has 0 bridgehead atoms. The van der Waals surface area contributed by atoms with E-state index in [-0.39, 0.29) is 11.7 Å². The molecule has 35 heavy (non-hydrogen) atoms. The Balaban J connectivity index is 0.000000394. The number of ether oxygens (including phenoxy) is 1. The Morgan fingerprint density at radius 3 is 1.91 bits per heavy atom. The van der Waals surface area contributed by atoms with E-state index < -0.39 is 5.41 Å². The summed E-state index contributed by atoms with van der Waals surface area (Å²) >= 11 is 14.8. The minimum atomic E-state index is -0.713. The van der Waals surface area contributed by atoms with E-state index in [0.717, 1.165) is 10.0 Å². The smallest absolute Gasteiger partial charge is 0.239 e. The summed E-state index contributed by atoms with van der Waals surface area (Å²) in [6, 6.07) is 10.8. The summed E-state index contributed by atoms with van der Waals surface area (Å²) in [6.07, 6.45) is 2.89. The second-order valence-electron chi connectivity index (χ2n) is 6.75. The minimum Gasteiger partial charge on any atom is -0.396 e. The molecule has 190 valence electrons. The number of nitrogens with zero attached hydrogens (tertiary/aromatic N) is 2. The number of anilines is 4. The Morgan fingerprint density at radius 2 is 1.46 bits per heavy atom. The highest BCUT2D eigenvalue weighted by atomic mass is 79.9. The molecule has 4 rings (SSSR count). The number of carbonyl (C=O) groups excluding carboxylic acids is 1. The fourth-order valence-electron chi connectivity index (χ4n) is 2.76. The fraction of sp³-hybridized carbons (Fsp3) is 0.292. The largest absolute Gasteiger partial charge is 0.396 e. The molecular formula is C24H31BrCl2N6O2. The monoisotopic (exact) mass is 584 g/mol. The van der Waals surface area contributed by atoms with Gasteiger partial charge in [-0.05, 0) is 29.8 Å². The Kier molecular flexibility index (Phi) is 12.8. The molecule has 0 unspecified atom stereocenters. The number of nitrogens with one attached hydrogen (secondary N) is 1. The summed E-state index contributed by atoms with van der Waals surface area (Å²) in [5.74, 6) is 0.361. The maximum atomic E-state index is 12.7. The second kappa shape index (κ2) is 14.7. The maximum absolute atomic E-state index is 12.7. The standard InChI is InChI=1S/C15H13BrClN3O2.C5H6ClN3.2C2H6/c16-10-3-1-9(2-4-10)15(7-22-8-15)14(21)20-12-5-11(17)6-19-13(12)18;6-3-1-4(7)5(8)9-2-3;2*1-2/h1-6H,7-8H2,(H2,18,19)(H,20,21);1-2H,7H2,(H2,8,9);2*1-2H3. The topological polar surface area (TPSA) is 142 Å². The Bertz CT molecular complexity index is 1100. The Hall–Kier alpha value is -2.59. The van der Waals surface area contributed by atoms with Crippen molar-refractivity contribution in [3.05, 3.63) is 68.9 Å². The highest BCUT2D eigenvalue weighted by molar-refractivity contribution is 9.10. The Morgan fingerprint density at radius 1 is 0.943 bits per heavy atom. The van der Waals surface area contributed by atoms with Crippen molar-refractivity contribution in [1.82, 2.24) is 9.97 Å². The van der Waals surface area contributed by atoms with Crippen molar-refractivity contribution in [3.8, 4) is 0 Å². The summed E-state index contributed by atoms with van der Waals surface area (Å²) in [6.45, 7) is 8.66. The molecule has 1 fully saturated rings. The zero-order valence-corrected chi connectivity index (χ0v) is 23.2. The van der Waals surface area contributed by atoms with Gasteiger partial charge in [0.2, 0.25) is 5.91 Å². The summed E-state index contributed by atoms with van der Waals surface area (Å²) in [5.41, 5.74) is 17.4. The van der Waals surface area contributed by atoms with Gasteiger partial charge in [-0.25, -0.2) is 9.97 Å². The number of carbonyl (C=O) groups is 1. The second-order valence-corrected chi connectivity index (χ2v) is 8.54. The van der Waals surface area contributed by atoms with Gasteiger partial charge in [-0.2, -0.15) is 0 Å². The van der Waals surface area contributed by atoms with Crippen molar-refractivity contribution in [2.75, 3.05) is 35.7 Å². The lowest BCUT2D eigenvalue weighted by molar-refractivity contribution is -0.139. The summed E-state index contributed by atoms with van der Waals surface area (Å²) < 4.78 is 6.24. The van der Waals surface area contributed by atoms with Crippen LogP contribution in [0.4, 0.5) is 23.0 Å². The molecule has 1 amide bonds. The average Bonchev–Trinajstić information content (AvgIpc) is 2.82. The molecule has 7 N–H and O–H groups in total. The van der Waals surface area contributed by atoms with E-state index >= 15 is 0 Å². The minimum absolute atomic E-state index is 0.183. The quantitative estimate of drug-likeness (QED) is 0.298. The van der Waals surface area contributed by atoms with Gasteiger partial charge in [-0.15, -0.1) is 0 Å². The van der Waals surface area contributed by atoms with E-state index in [2.05, 4.69) is 31.2 Å². The molecule has 0 aliphatic carbocycles. The molecule has 11 heteroatoms.